The van der Waals surface area contributed by atoms with Crippen LogP contribution in [-0.4, -0.2) is 42.4 Å². The average Bonchev–Trinajstić information content (AvgIpc) is 2.97. The van der Waals surface area contributed by atoms with E-state index in [0.717, 1.165) is 32.5 Å². The van der Waals surface area contributed by atoms with Gasteiger partial charge in [-0.15, -0.1) is 0 Å². The van der Waals surface area contributed by atoms with E-state index >= 15 is 0 Å². The Morgan fingerprint density at radius 1 is 0.889 bits per heavy atom. The highest BCUT2D eigenvalue weighted by Crippen LogP contribution is 2.26. The summed E-state index contributed by atoms with van der Waals surface area (Å²) in [6.45, 7) is 18.9. The Morgan fingerprint density at radius 3 is 1.70 bits per heavy atom. The van der Waals surface area contributed by atoms with Crippen LogP contribution in [0.15, 0.2) is 0 Å². The van der Waals surface area contributed by atoms with Gasteiger partial charge in [-0.1, -0.05) is 70.2 Å². The third kappa shape index (κ3) is 9.23. The molecule has 0 N–H and O–H groups in total. The second kappa shape index (κ2) is 11.2. The van der Waals surface area contributed by atoms with Crippen LogP contribution >= 0.6 is 0 Å². The van der Waals surface area contributed by atoms with Gasteiger partial charge in [-0.2, -0.15) is 0 Å². The zero-order valence-corrected chi connectivity index (χ0v) is 17.6. The number of likely N-dealkylation sites (tertiary alicyclic amines) is 1. The molecule has 2 heterocycles. The lowest BCUT2D eigenvalue weighted by Gasteiger charge is -2.38. The molecule has 2 saturated heterocycles. The fourth-order valence-electron chi connectivity index (χ4n) is 3.57. The Bertz CT molecular complexity index is 443. The monoisotopic (exact) mass is 385 g/mol. The summed E-state index contributed by atoms with van der Waals surface area (Å²) in [5.74, 6) is 1.86. The van der Waals surface area contributed by atoms with Crippen molar-refractivity contribution < 1.29 is 14.3 Å². The molecule has 0 radical (unpaired) electrons. The zero-order valence-electron chi connectivity index (χ0n) is 17.6. The minimum atomic E-state index is -0.241. The molecule has 1 amide bonds. The topological polar surface area (TPSA) is 46.6 Å². The van der Waals surface area contributed by atoms with Crippen LogP contribution in [0.3, 0.4) is 0 Å². The molecular formula is C23H47NO3. The highest BCUT2D eigenvalue weighted by atomic mass is 16.5. The van der Waals surface area contributed by atoms with Crippen molar-refractivity contribution in [3.63, 3.8) is 0 Å². The van der Waals surface area contributed by atoms with E-state index in [9.17, 15) is 9.59 Å². The van der Waals surface area contributed by atoms with E-state index in [4.69, 9.17) is 4.74 Å². The first-order valence-corrected chi connectivity index (χ1v) is 9.77. The molecule has 27 heavy (non-hydrogen) atoms. The van der Waals surface area contributed by atoms with E-state index in [1.165, 1.54) is 6.42 Å². The SMILES string of the molecule is C.C.CC(C)(C)C(=O)C1CCCO1.CC1CC(C)CN(C(=O)C(C)(C)C)C1. The molecule has 3 atom stereocenters. The molecule has 0 saturated carbocycles. The van der Waals surface area contributed by atoms with Crippen LogP contribution in [0.5, 0.6) is 0 Å². The van der Waals surface area contributed by atoms with Crippen LogP contribution in [0.25, 0.3) is 0 Å². The molecular weight excluding hydrogens is 338 g/mol. The van der Waals surface area contributed by atoms with Gasteiger partial charge >= 0.3 is 0 Å². The Hall–Kier alpha value is -0.900. The number of rotatable bonds is 1. The standard InChI is InChI=1S/C12H23NO.C9H16O2.2CH4/c1-9-6-10(2)8-13(7-9)11(14)12(3,4)5;1-9(2,3)8(10)7-5-4-6-11-7;;/h9-10H,6-8H2,1-5H3;7H,4-6H2,1-3H3;2*1H4. The summed E-state index contributed by atoms with van der Waals surface area (Å²) in [6.07, 6.45) is 3.09. The first-order valence-electron chi connectivity index (χ1n) is 9.77. The van der Waals surface area contributed by atoms with E-state index < -0.39 is 0 Å². The van der Waals surface area contributed by atoms with Crippen molar-refractivity contribution in [2.45, 2.75) is 95.6 Å². The molecule has 4 heteroatoms. The normalized spacial score (nSPS) is 25.5. The third-order valence-electron chi connectivity index (χ3n) is 4.76. The number of ketones is 1. The van der Waals surface area contributed by atoms with Gasteiger partial charge < -0.3 is 9.64 Å². The third-order valence-corrected chi connectivity index (χ3v) is 4.76. The highest BCUT2D eigenvalue weighted by molar-refractivity contribution is 5.88. The predicted molar refractivity (Wildman–Crippen MR) is 116 cm³/mol. The number of hydrogen-bond acceptors (Lipinski definition) is 3. The van der Waals surface area contributed by atoms with E-state index in [1.807, 2.05) is 46.4 Å². The Kier molecular flexibility index (Phi) is 11.7. The minimum absolute atomic E-state index is 0. The van der Waals surface area contributed by atoms with Crippen LogP contribution in [-0.2, 0) is 14.3 Å². The van der Waals surface area contributed by atoms with Crippen molar-refractivity contribution in [1.29, 1.82) is 0 Å². The maximum Gasteiger partial charge on any atom is 0.227 e. The average molecular weight is 386 g/mol. The highest BCUT2D eigenvalue weighted by Gasteiger charge is 2.33. The summed E-state index contributed by atoms with van der Waals surface area (Å²) < 4.78 is 5.29. The molecule has 2 aliphatic heterocycles. The molecule has 0 spiro atoms. The maximum absolute atomic E-state index is 12.0. The van der Waals surface area contributed by atoms with E-state index in [2.05, 4.69) is 13.8 Å². The predicted octanol–water partition coefficient (Wildman–Crippen LogP) is 5.59. The lowest BCUT2D eigenvalue weighted by Crippen LogP contribution is -2.47. The van der Waals surface area contributed by atoms with Crippen LogP contribution in [0, 0.1) is 22.7 Å². The summed E-state index contributed by atoms with van der Waals surface area (Å²) in [5.41, 5.74) is -0.466. The molecule has 0 bridgehead atoms. The smallest absolute Gasteiger partial charge is 0.227 e. The molecule has 2 aliphatic rings. The second-order valence-corrected chi connectivity index (χ2v) is 10.0. The lowest BCUT2D eigenvalue weighted by atomic mass is 9.87. The summed E-state index contributed by atoms with van der Waals surface area (Å²) in [5, 5.41) is 0. The van der Waals surface area contributed by atoms with Crippen molar-refractivity contribution >= 4 is 11.7 Å². The molecule has 3 unspecified atom stereocenters. The van der Waals surface area contributed by atoms with Gasteiger partial charge in [-0.3, -0.25) is 9.59 Å². The minimum Gasteiger partial charge on any atom is -0.370 e. The quantitative estimate of drug-likeness (QED) is 0.591. The second-order valence-electron chi connectivity index (χ2n) is 10.0. The van der Waals surface area contributed by atoms with Crippen LogP contribution in [0.2, 0.25) is 0 Å². The van der Waals surface area contributed by atoms with Crippen LogP contribution in [0.1, 0.15) is 89.5 Å². The van der Waals surface area contributed by atoms with Gasteiger partial charge in [0, 0.05) is 30.5 Å². The van der Waals surface area contributed by atoms with Gasteiger partial charge in [0.05, 0.1) is 0 Å². The number of carbonyl (C=O) groups excluding carboxylic acids is 2. The van der Waals surface area contributed by atoms with Crippen molar-refractivity contribution in [2.75, 3.05) is 19.7 Å². The molecule has 2 rings (SSSR count). The Morgan fingerprint density at radius 2 is 1.37 bits per heavy atom. The summed E-state index contributed by atoms with van der Waals surface area (Å²) in [6, 6.07) is 0. The first-order chi connectivity index (χ1) is 11.3. The summed E-state index contributed by atoms with van der Waals surface area (Å²) in [7, 11) is 0. The van der Waals surface area contributed by atoms with Crippen LogP contribution < -0.4 is 0 Å². The van der Waals surface area contributed by atoms with Crippen molar-refractivity contribution in [2.24, 2.45) is 22.7 Å². The fourth-order valence-corrected chi connectivity index (χ4v) is 3.57. The summed E-state index contributed by atoms with van der Waals surface area (Å²) in [4.78, 5) is 25.6. The van der Waals surface area contributed by atoms with Crippen molar-refractivity contribution in [3.05, 3.63) is 0 Å². The molecule has 0 aromatic heterocycles. The first kappa shape index (κ1) is 28.3. The maximum atomic E-state index is 12.0. The largest absolute Gasteiger partial charge is 0.370 e. The number of piperidine rings is 1. The van der Waals surface area contributed by atoms with Gasteiger partial charge in [-0.05, 0) is 31.1 Å². The number of Topliss-reactive ketones (excluding diaryl/α,β-unsaturated/α-hetero) is 1. The molecule has 0 aromatic carbocycles. The fraction of sp³-hybridized carbons (Fsp3) is 0.913. The van der Waals surface area contributed by atoms with E-state index in [0.29, 0.717) is 17.7 Å². The van der Waals surface area contributed by atoms with Gasteiger partial charge in [0.15, 0.2) is 5.78 Å². The summed E-state index contributed by atoms with van der Waals surface area (Å²) >= 11 is 0. The number of hydrogen-bond donors (Lipinski definition) is 0. The molecule has 0 aromatic rings. The number of amides is 1. The van der Waals surface area contributed by atoms with Crippen molar-refractivity contribution in [1.82, 2.24) is 4.90 Å². The molecule has 162 valence electrons. The van der Waals surface area contributed by atoms with Gasteiger partial charge in [0.25, 0.3) is 0 Å². The molecule has 4 nitrogen and oxygen atoms in total. The molecule has 0 aliphatic carbocycles. The molecule has 2 fully saturated rings. The number of nitrogens with zero attached hydrogens (tertiary/aromatic N) is 1. The van der Waals surface area contributed by atoms with Crippen LogP contribution in [0.4, 0.5) is 0 Å². The van der Waals surface area contributed by atoms with Gasteiger partial charge in [0.1, 0.15) is 6.10 Å². The van der Waals surface area contributed by atoms with E-state index in [-0.39, 0.29) is 37.6 Å². The number of carbonyl (C=O) groups is 2. The van der Waals surface area contributed by atoms with Gasteiger partial charge in [-0.25, -0.2) is 0 Å². The Balaban J connectivity index is 0. The number of ether oxygens (including phenoxy) is 1. The van der Waals surface area contributed by atoms with Gasteiger partial charge in [0.2, 0.25) is 5.91 Å². The Labute approximate surface area is 169 Å². The van der Waals surface area contributed by atoms with E-state index in [1.54, 1.807) is 0 Å². The lowest BCUT2D eigenvalue weighted by molar-refractivity contribution is -0.142. The van der Waals surface area contributed by atoms with Crippen molar-refractivity contribution in [3.8, 4) is 0 Å². The zero-order chi connectivity index (χ0) is 19.4.